The number of nitrogens with one attached hydrogen (secondary N) is 1. The summed E-state index contributed by atoms with van der Waals surface area (Å²) >= 11 is 3.45. The van der Waals surface area contributed by atoms with Crippen LogP contribution >= 0.6 is 15.9 Å². The topological polar surface area (TPSA) is 15.3 Å². The number of hydrogen-bond donors (Lipinski definition) is 1. The summed E-state index contributed by atoms with van der Waals surface area (Å²) in [6.07, 6.45) is 0. The first kappa shape index (κ1) is 14.7. The van der Waals surface area contributed by atoms with Crippen LogP contribution in [-0.4, -0.2) is 31.6 Å². The Kier molecular flexibility index (Phi) is 6.17. The number of hydrogen-bond acceptors (Lipinski definition) is 2. The Balaban J connectivity index is 2.48. The van der Waals surface area contributed by atoms with Gasteiger partial charge in [0.15, 0.2) is 0 Å². The van der Waals surface area contributed by atoms with Crippen molar-refractivity contribution < 1.29 is 0 Å². The number of halogens is 1. The minimum Gasteiger partial charge on any atom is -0.308 e. The van der Waals surface area contributed by atoms with Crippen molar-refractivity contribution in [3.63, 3.8) is 0 Å². The van der Waals surface area contributed by atoms with Gasteiger partial charge in [0, 0.05) is 23.6 Å². The molecule has 0 aliphatic heterocycles. The van der Waals surface area contributed by atoms with Gasteiger partial charge in [-0.25, -0.2) is 0 Å². The summed E-state index contributed by atoms with van der Waals surface area (Å²) in [5.41, 5.74) is 1.33. The highest BCUT2D eigenvalue weighted by molar-refractivity contribution is 9.10. The van der Waals surface area contributed by atoms with Crippen molar-refractivity contribution in [3.05, 3.63) is 34.3 Å². The summed E-state index contributed by atoms with van der Waals surface area (Å²) in [7, 11) is 4.24. The highest BCUT2D eigenvalue weighted by Crippen LogP contribution is 2.11. The van der Waals surface area contributed by atoms with Crippen LogP contribution in [0.25, 0.3) is 0 Å². The lowest BCUT2D eigenvalue weighted by Gasteiger charge is -2.25. The van der Waals surface area contributed by atoms with Gasteiger partial charge in [0.2, 0.25) is 0 Å². The number of likely N-dealkylation sites (N-methyl/N-ethyl adjacent to an activating group) is 1. The third-order valence-corrected chi connectivity index (χ3v) is 3.38. The van der Waals surface area contributed by atoms with Crippen LogP contribution in [0.3, 0.4) is 0 Å². The van der Waals surface area contributed by atoms with Crippen LogP contribution in [0.4, 0.5) is 0 Å². The second-order valence-corrected chi connectivity index (χ2v) is 6.04. The minimum atomic E-state index is 0.536. The molecular weight excluding hydrogens is 276 g/mol. The maximum atomic E-state index is 3.63. The molecule has 0 aromatic heterocycles. The molecule has 0 aliphatic rings. The maximum Gasteiger partial charge on any atom is 0.0220 e. The van der Waals surface area contributed by atoms with Crippen molar-refractivity contribution in [1.29, 1.82) is 0 Å². The molecule has 96 valence electrons. The lowest BCUT2D eigenvalue weighted by molar-refractivity contribution is 0.288. The van der Waals surface area contributed by atoms with Gasteiger partial charge in [-0.3, -0.25) is 0 Å². The Morgan fingerprint density at radius 2 is 1.76 bits per heavy atom. The lowest BCUT2D eigenvalue weighted by Crippen LogP contribution is -2.41. The van der Waals surface area contributed by atoms with Crippen LogP contribution < -0.4 is 5.32 Å². The van der Waals surface area contributed by atoms with Gasteiger partial charge < -0.3 is 10.2 Å². The van der Waals surface area contributed by atoms with E-state index in [9.17, 15) is 0 Å². The van der Waals surface area contributed by atoms with Crippen molar-refractivity contribution in [1.82, 2.24) is 10.2 Å². The molecule has 0 amide bonds. The average Bonchev–Trinajstić information content (AvgIpc) is 2.25. The second kappa shape index (κ2) is 7.14. The zero-order valence-electron chi connectivity index (χ0n) is 11.2. The zero-order valence-corrected chi connectivity index (χ0v) is 12.8. The Hall–Kier alpha value is -0.380. The number of nitrogens with zero attached hydrogens (tertiary/aromatic N) is 1. The molecule has 0 saturated carbocycles. The highest BCUT2D eigenvalue weighted by atomic mass is 79.9. The Morgan fingerprint density at radius 1 is 1.18 bits per heavy atom. The van der Waals surface area contributed by atoms with E-state index in [2.05, 4.69) is 78.4 Å². The van der Waals surface area contributed by atoms with Crippen LogP contribution in [-0.2, 0) is 6.54 Å². The van der Waals surface area contributed by atoms with E-state index < -0.39 is 0 Å². The second-order valence-electron chi connectivity index (χ2n) is 5.12. The molecule has 3 heteroatoms. The fraction of sp³-hybridized carbons (Fsp3) is 0.571. The SMILES string of the molecule is CC(C)C(CN(C)C)NCc1ccc(Br)cc1. The molecule has 17 heavy (non-hydrogen) atoms. The molecule has 0 saturated heterocycles. The monoisotopic (exact) mass is 298 g/mol. The molecule has 0 bridgehead atoms. The molecular formula is C14H23BrN2. The first-order valence-electron chi connectivity index (χ1n) is 6.11. The van der Waals surface area contributed by atoms with E-state index in [0.717, 1.165) is 17.6 Å². The van der Waals surface area contributed by atoms with E-state index in [-0.39, 0.29) is 0 Å². The predicted octanol–water partition coefficient (Wildman–Crippen LogP) is 3.12. The fourth-order valence-corrected chi connectivity index (χ4v) is 2.02. The standard InChI is InChI=1S/C14H23BrN2/c1-11(2)14(10-17(3)4)16-9-12-5-7-13(15)8-6-12/h5-8,11,14,16H,9-10H2,1-4H3. The third kappa shape index (κ3) is 5.66. The van der Waals surface area contributed by atoms with Crippen LogP contribution in [0.5, 0.6) is 0 Å². The van der Waals surface area contributed by atoms with E-state index in [1.807, 2.05) is 0 Å². The van der Waals surface area contributed by atoms with Crippen molar-refractivity contribution in [2.75, 3.05) is 20.6 Å². The molecule has 2 nitrogen and oxygen atoms in total. The number of rotatable bonds is 6. The van der Waals surface area contributed by atoms with E-state index in [0.29, 0.717) is 12.0 Å². The smallest absolute Gasteiger partial charge is 0.0220 e. The molecule has 1 unspecified atom stereocenters. The molecule has 0 radical (unpaired) electrons. The molecule has 0 aliphatic carbocycles. The molecule has 1 rings (SSSR count). The summed E-state index contributed by atoms with van der Waals surface area (Å²) in [5.74, 6) is 0.646. The van der Waals surface area contributed by atoms with Gasteiger partial charge in [-0.05, 0) is 37.7 Å². The van der Waals surface area contributed by atoms with E-state index in [1.165, 1.54) is 5.56 Å². The normalized spacial score (nSPS) is 13.4. The molecule has 0 heterocycles. The van der Waals surface area contributed by atoms with Gasteiger partial charge in [-0.2, -0.15) is 0 Å². The van der Waals surface area contributed by atoms with Crippen LogP contribution in [0.2, 0.25) is 0 Å². The fourth-order valence-electron chi connectivity index (χ4n) is 1.76. The molecule has 0 spiro atoms. The predicted molar refractivity (Wildman–Crippen MR) is 78.2 cm³/mol. The van der Waals surface area contributed by atoms with Gasteiger partial charge in [0.05, 0.1) is 0 Å². The highest BCUT2D eigenvalue weighted by Gasteiger charge is 2.13. The van der Waals surface area contributed by atoms with Crippen molar-refractivity contribution in [2.24, 2.45) is 5.92 Å². The van der Waals surface area contributed by atoms with Crippen molar-refractivity contribution >= 4 is 15.9 Å². The van der Waals surface area contributed by atoms with E-state index in [4.69, 9.17) is 0 Å². The summed E-state index contributed by atoms with van der Waals surface area (Å²) in [4.78, 5) is 2.24. The molecule has 1 atom stereocenters. The minimum absolute atomic E-state index is 0.536. The van der Waals surface area contributed by atoms with Gasteiger partial charge in [0.1, 0.15) is 0 Å². The number of benzene rings is 1. The van der Waals surface area contributed by atoms with Gasteiger partial charge in [-0.1, -0.05) is 41.9 Å². The lowest BCUT2D eigenvalue weighted by atomic mass is 10.0. The van der Waals surface area contributed by atoms with Crippen LogP contribution in [0, 0.1) is 5.92 Å². The largest absolute Gasteiger partial charge is 0.308 e. The third-order valence-electron chi connectivity index (χ3n) is 2.85. The van der Waals surface area contributed by atoms with Crippen LogP contribution in [0.1, 0.15) is 19.4 Å². The van der Waals surface area contributed by atoms with Gasteiger partial charge in [-0.15, -0.1) is 0 Å². The Labute approximate surface area is 114 Å². The zero-order chi connectivity index (χ0) is 12.8. The summed E-state index contributed by atoms with van der Waals surface area (Å²) in [6, 6.07) is 9.03. The van der Waals surface area contributed by atoms with Gasteiger partial charge in [0.25, 0.3) is 0 Å². The summed E-state index contributed by atoms with van der Waals surface area (Å²) < 4.78 is 1.13. The summed E-state index contributed by atoms with van der Waals surface area (Å²) in [5, 5.41) is 3.63. The quantitative estimate of drug-likeness (QED) is 0.868. The maximum absolute atomic E-state index is 3.63. The average molecular weight is 299 g/mol. The van der Waals surface area contributed by atoms with E-state index >= 15 is 0 Å². The molecule has 1 aromatic rings. The van der Waals surface area contributed by atoms with Crippen molar-refractivity contribution in [2.45, 2.75) is 26.4 Å². The van der Waals surface area contributed by atoms with Crippen molar-refractivity contribution in [3.8, 4) is 0 Å². The van der Waals surface area contributed by atoms with Crippen LogP contribution in [0.15, 0.2) is 28.7 Å². The Morgan fingerprint density at radius 3 is 2.24 bits per heavy atom. The molecule has 0 fully saturated rings. The molecule has 1 aromatic carbocycles. The first-order chi connectivity index (χ1) is 7.99. The Bertz CT molecular complexity index is 319. The van der Waals surface area contributed by atoms with E-state index in [1.54, 1.807) is 0 Å². The molecule has 1 N–H and O–H groups in total. The summed E-state index contributed by atoms with van der Waals surface area (Å²) in [6.45, 7) is 6.55. The first-order valence-corrected chi connectivity index (χ1v) is 6.91. The van der Waals surface area contributed by atoms with Gasteiger partial charge >= 0.3 is 0 Å².